The van der Waals surface area contributed by atoms with Crippen molar-refractivity contribution in [3.8, 4) is 5.75 Å². The summed E-state index contributed by atoms with van der Waals surface area (Å²) in [6.45, 7) is 1.85. The van der Waals surface area contributed by atoms with E-state index >= 15 is 0 Å². The van der Waals surface area contributed by atoms with Gasteiger partial charge in [-0.3, -0.25) is 9.59 Å². The molecule has 5 nitrogen and oxygen atoms in total. The minimum Gasteiger partial charge on any atom is -0.489 e. The molecule has 0 radical (unpaired) electrons. The van der Waals surface area contributed by atoms with Crippen LogP contribution in [0.2, 0.25) is 0 Å². The average molecular weight is 352 g/mol. The van der Waals surface area contributed by atoms with Gasteiger partial charge in [-0.25, -0.2) is 0 Å². The number of hydrogen-bond acceptors (Lipinski definition) is 4. The van der Waals surface area contributed by atoms with Gasteiger partial charge in [-0.2, -0.15) is 4.99 Å². The van der Waals surface area contributed by atoms with Gasteiger partial charge in [0.25, 0.3) is 5.91 Å². The summed E-state index contributed by atoms with van der Waals surface area (Å²) in [6.07, 6.45) is 1.74. The standard InChI is InChI=1S/C19H16N2O3S/c1-13(22)20-19-21-18(23)17(25-19)11-15-8-5-9-16(10-15)24-12-14-6-3-2-4-7-14/h2-11H,12H2,1H3,(H,20,21,22,23)/b17-11-. The van der Waals surface area contributed by atoms with E-state index in [0.717, 1.165) is 28.6 Å². The molecular weight excluding hydrogens is 336 g/mol. The first kappa shape index (κ1) is 17.0. The molecule has 2 amide bonds. The molecule has 2 aromatic carbocycles. The zero-order valence-electron chi connectivity index (χ0n) is 13.6. The highest BCUT2D eigenvalue weighted by Crippen LogP contribution is 2.28. The van der Waals surface area contributed by atoms with E-state index in [2.05, 4.69) is 10.3 Å². The van der Waals surface area contributed by atoms with E-state index in [1.807, 2.05) is 54.6 Å². The molecule has 0 saturated heterocycles. The minimum absolute atomic E-state index is 0.253. The van der Waals surface area contributed by atoms with Gasteiger partial charge in [0.2, 0.25) is 5.91 Å². The third-order valence-corrected chi connectivity index (χ3v) is 4.21. The van der Waals surface area contributed by atoms with Crippen LogP contribution in [0.1, 0.15) is 18.1 Å². The molecular formula is C19H16N2O3S. The van der Waals surface area contributed by atoms with Crippen molar-refractivity contribution in [3.63, 3.8) is 0 Å². The van der Waals surface area contributed by atoms with Crippen molar-refractivity contribution in [2.24, 2.45) is 4.99 Å². The van der Waals surface area contributed by atoms with Gasteiger partial charge in [0.1, 0.15) is 12.4 Å². The van der Waals surface area contributed by atoms with Gasteiger partial charge in [-0.05, 0) is 41.1 Å². The molecule has 1 N–H and O–H groups in total. The predicted molar refractivity (Wildman–Crippen MR) is 99.0 cm³/mol. The lowest BCUT2D eigenvalue weighted by Gasteiger charge is -2.07. The topological polar surface area (TPSA) is 67.8 Å². The molecule has 6 heteroatoms. The van der Waals surface area contributed by atoms with Crippen LogP contribution in [0.4, 0.5) is 0 Å². The molecule has 1 aliphatic heterocycles. The summed E-state index contributed by atoms with van der Waals surface area (Å²) in [4.78, 5) is 27.2. The van der Waals surface area contributed by atoms with Crippen molar-refractivity contribution >= 4 is 34.8 Å². The Morgan fingerprint density at radius 2 is 2.00 bits per heavy atom. The highest BCUT2D eigenvalue weighted by molar-refractivity contribution is 8.18. The summed E-state index contributed by atoms with van der Waals surface area (Å²) in [6, 6.07) is 17.4. The number of rotatable bonds is 4. The molecule has 1 heterocycles. The summed E-state index contributed by atoms with van der Waals surface area (Å²) in [5, 5.41) is 2.83. The van der Waals surface area contributed by atoms with Crippen LogP contribution in [0.15, 0.2) is 64.5 Å². The fourth-order valence-electron chi connectivity index (χ4n) is 2.20. The second-order valence-electron chi connectivity index (χ2n) is 5.36. The molecule has 0 unspecified atom stereocenters. The first-order chi connectivity index (χ1) is 12.1. The Hall–Kier alpha value is -2.86. The van der Waals surface area contributed by atoms with Crippen LogP contribution >= 0.6 is 11.8 Å². The maximum absolute atomic E-state index is 11.9. The van der Waals surface area contributed by atoms with Gasteiger partial charge < -0.3 is 10.1 Å². The highest BCUT2D eigenvalue weighted by atomic mass is 32.2. The number of aliphatic imine (C=N–C) groups is 1. The van der Waals surface area contributed by atoms with Crippen LogP contribution in [0.25, 0.3) is 6.08 Å². The average Bonchev–Trinajstić information content (AvgIpc) is 2.93. The number of amides is 2. The van der Waals surface area contributed by atoms with Crippen LogP contribution < -0.4 is 10.1 Å². The number of nitrogens with one attached hydrogen (secondary N) is 1. The molecule has 0 aromatic heterocycles. The summed E-state index contributed by atoms with van der Waals surface area (Å²) in [5.41, 5.74) is 1.92. The number of nitrogens with zero attached hydrogens (tertiary/aromatic N) is 1. The molecule has 0 saturated carbocycles. The van der Waals surface area contributed by atoms with Gasteiger partial charge in [0, 0.05) is 6.92 Å². The zero-order chi connectivity index (χ0) is 17.6. The van der Waals surface area contributed by atoms with Gasteiger partial charge >= 0.3 is 0 Å². The van der Waals surface area contributed by atoms with Gasteiger partial charge in [-0.15, -0.1) is 0 Å². The van der Waals surface area contributed by atoms with E-state index in [0.29, 0.717) is 16.7 Å². The van der Waals surface area contributed by atoms with Crippen molar-refractivity contribution < 1.29 is 14.3 Å². The molecule has 0 fully saturated rings. The van der Waals surface area contributed by atoms with E-state index in [1.165, 1.54) is 6.92 Å². The van der Waals surface area contributed by atoms with Crippen molar-refractivity contribution in [2.75, 3.05) is 0 Å². The van der Waals surface area contributed by atoms with Crippen LogP contribution in [0, 0.1) is 0 Å². The first-order valence-electron chi connectivity index (χ1n) is 7.67. The molecule has 0 spiro atoms. The van der Waals surface area contributed by atoms with Crippen molar-refractivity contribution in [3.05, 3.63) is 70.6 Å². The van der Waals surface area contributed by atoms with E-state index < -0.39 is 0 Å². The lowest BCUT2D eigenvalue weighted by Crippen LogP contribution is -2.23. The number of carbonyl (C=O) groups excluding carboxylic acids is 2. The number of benzene rings is 2. The van der Waals surface area contributed by atoms with Crippen LogP contribution in [-0.4, -0.2) is 17.0 Å². The van der Waals surface area contributed by atoms with Crippen LogP contribution in [0.3, 0.4) is 0 Å². The summed E-state index contributed by atoms with van der Waals surface area (Å²) < 4.78 is 5.79. The molecule has 3 rings (SSSR count). The monoisotopic (exact) mass is 352 g/mol. The van der Waals surface area contributed by atoms with Crippen LogP contribution in [-0.2, 0) is 16.2 Å². The summed E-state index contributed by atoms with van der Waals surface area (Å²) >= 11 is 1.15. The third kappa shape index (κ3) is 4.81. The van der Waals surface area contributed by atoms with E-state index in [1.54, 1.807) is 6.08 Å². The highest BCUT2D eigenvalue weighted by Gasteiger charge is 2.22. The van der Waals surface area contributed by atoms with E-state index in [9.17, 15) is 9.59 Å². The van der Waals surface area contributed by atoms with Gasteiger partial charge in [0.15, 0.2) is 5.17 Å². The van der Waals surface area contributed by atoms with E-state index in [4.69, 9.17) is 4.74 Å². The second kappa shape index (κ2) is 7.81. The van der Waals surface area contributed by atoms with Crippen LogP contribution in [0.5, 0.6) is 5.75 Å². The Balaban J connectivity index is 1.68. The lowest BCUT2D eigenvalue weighted by atomic mass is 10.2. The Labute approximate surface area is 149 Å². The van der Waals surface area contributed by atoms with Gasteiger partial charge in [-0.1, -0.05) is 42.5 Å². The van der Waals surface area contributed by atoms with Gasteiger partial charge in [0.05, 0.1) is 4.91 Å². The number of hydrogen-bond donors (Lipinski definition) is 1. The fraction of sp³-hybridized carbons (Fsp3) is 0.105. The predicted octanol–water partition coefficient (Wildman–Crippen LogP) is 3.37. The molecule has 0 bridgehead atoms. The maximum atomic E-state index is 11.9. The van der Waals surface area contributed by atoms with Crippen molar-refractivity contribution in [1.29, 1.82) is 0 Å². The molecule has 25 heavy (non-hydrogen) atoms. The maximum Gasteiger partial charge on any atom is 0.286 e. The minimum atomic E-state index is -0.357. The number of carbonyl (C=O) groups is 2. The lowest BCUT2D eigenvalue weighted by molar-refractivity contribution is -0.117. The first-order valence-corrected chi connectivity index (χ1v) is 8.49. The quantitative estimate of drug-likeness (QED) is 0.857. The Morgan fingerprint density at radius 3 is 2.76 bits per heavy atom. The fourth-order valence-corrected chi connectivity index (χ4v) is 3.06. The van der Waals surface area contributed by atoms with Crippen molar-refractivity contribution in [2.45, 2.75) is 13.5 Å². The largest absolute Gasteiger partial charge is 0.489 e. The number of ether oxygens (including phenoxy) is 1. The van der Waals surface area contributed by atoms with E-state index in [-0.39, 0.29) is 11.8 Å². The molecule has 0 aliphatic carbocycles. The normalized spacial score (nSPS) is 15.2. The molecule has 1 aliphatic rings. The Bertz CT molecular complexity index is 860. The Kier molecular flexibility index (Phi) is 5.30. The summed E-state index contributed by atoms with van der Waals surface area (Å²) in [7, 11) is 0. The van der Waals surface area contributed by atoms with Crippen molar-refractivity contribution in [1.82, 2.24) is 5.32 Å². The number of amidine groups is 1. The zero-order valence-corrected chi connectivity index (χ0v) is 14.4. The SMILES string of the molecule is CC(=O)NC1=NC(=O)/C(=C/c2cccc(OCc3ccccc3)c2)S1. The number of thioether (sulfide) groups is 1. The third-order valence-electron chi connectivity index (χ3n) is 3.31. The Morgan fingerprint density at radius 1 is 1.20 bits per heavy atom. The smallest absolute Gasteiger partial charge is 0.286 e. The summed E-state index contributed by atoms with van der Waals surface area (Å²) in [5.74, 6) is 0.109. The second-order valence-corrected chi connectivity index (χ2v) is 6.39. The molecule has 126 valence electrons. The molecule has 2 aromatic rings. The molecule has 0 atom stereocenters.